The van der Waals surface area contributed by atoms with Gasteiger partial charge in [-0.2, -0.15) is 5.10 Å². The van der Waals surface area contributed by atoms with Crippen LogP contribution in [-0.2, 0) is 6.54 Å². The molecule has 0 unspecified atom stereocenters. The van der Waals surface area contributed by atoms with Crippen LogP contribution in [0.4, 0.5) is 11.5 Å². The van der Waals surface area contributed by atoms with Crippen molar-refractivity contribution in [2.45, 2.75) is 13.5 Å². The molecule has 0 saturated heterocycles. The van der Waals surface area contributed by atoms with Gasteiger partial charge >= 0.3 is 0 Å². The van der Waals surface area contributed by atoms with Crippen LogP contribution in [0.1, 0.15) is 21.5 Å². The first-order chi connectivity index (χ1) is 12.4. The SMILES string of the molecule is Cc1cccc(Cn2ccc(NC(=O)c3ccc(Cl)c([N+](=O)[O-])c3)n2)c1. The van der Waals surface area contributed by atoms with E-state index in [9.17, 15) is 14.9 Å². The Kier molecular flexibility index (Phi) is 4.99. The van der Waals surface area contributed by atoms with Crippen LogP contribution in [0.15, 0.2) is 54.7 Å². The maximum Gasteiger partial charge on any atom is 0.288 e. The zero-order valence-corrected chi connectivity index (χ0v) is 14.6. The van der Waals surface area contributed by atoms with Crippen LogP contribution in [0.2, 0.25) is 5.02 Å². The Bertz CT molecular complexity index is 984. The highest BCUT2D eigenvalue weighted by Crippen LogP contribution is 2.25. The normalized spacial score (nSPS) is 10.5. The van der Waals surface area contributed by atoms with Crippen molar-refractivity contribution in [3.63, 3.8) is 0 Å². The molecule has 1 heterocycles. The van der Waals surface area contributed by atoms with Crippen LogP contribution in [0.25, 0.3) is 0 Å². The average Bonchev–Trinajstić information content (AvgIpc) is 3.01. The molecule has 1 amide bonds. The number of aromatic nitrogens is 2. The third-order valence-electron chi connectivity index (χ3n) is 3.71. The largest absolute Gasteiger partial charge is 0.305 e. The number of nitro groups is 1. The van der Waals surface area contributed by atoms with Gasteiger partial charge in [0.05, 0.1) is 11.5 Å². The molecule has 7 nitrogen and oxygen atoms in total. The van der Waals surface area contributed by atoms with E-state index in [-0.39, 0.29) is 16.3 Å². The van der Waals surface area contributed by atoms with Crippen molar-refractivity contribution in [3.8, 4) is 0 Å². The van der Waals surface area contributed by atoms with Gasteiger partial charge in [-0.05, 0) is 24.6 Å². The van der Waals surface area contributed by atoms with E-state index in [1.54, 1.807) is 16.9 Å². The zero-order chi connectivity index (χ0) is 18.7. The summed E-state index contributed by atoms with van der Waals surface area (Å²) < 4.78 is 1.70. The lowest BCUT2D eigenvalue weighted by Crippen LogP contribution is -2.13. The van der Waals surface area contributed by atoms with E-state index in [4.69, 9.17) is 11.6 Å². The summed E-state index contributed by atoms with van der Waals surface area (Å²) in [4.78, 5) is 22.6. The van der Waals surface area contributed by atoms with E-state index in [1.165, 1.54) is 12.1 Å². The Morgan fingerprint density at radius 1 is 1.27 bits per heavy atom. The van der Waals surface area contributed by atoms with E-state index < -0.39 is 10.8 Å². The Labute approximate surface area is 154 Å². The number of anilines is 1. The quantitative estimate of drug-likeness (QED) is 0.541. The van der Waals surface area contributed by atoms with Crippen LogP contribution >= 0.6 is 11.6 Å². The lowest BCUT2D eigenvalue weighted by Gasteiger charge is -2.04. The molecule has 132 valence electrons. The highest BCUT2D eigenvalue weighted by atomic mass is 35.5. The zero-order valence-electron chi connectivity index (χ0n) is 13.8. The first-order valence-corrected chi connectivity index (χ1v) is 8.14. The molecule has 0 aliphatic rings. The monoisotopic (exact) mass is 370 g/mol. The van der Waals surface area contributed by atoms with Gasteiger partial charge in [0.2, 0.25) is 0 Å². The average molecular weight is 371 g/mol. The minimum atomic E-state index is -0.629. The topological polar surface area (TPSA) is 90.1 Å². The number of amides is 1. The summed E-state index contributed by atoms with van der Waals surface area (Å²) in [5, 5.41) is 17.8. The molecule has 0 aliphatic heterocycles. The molecule has 0 fully saturated rings. The van der Waals surface area contributed by atoms with Crippen LogP contribution < -0.4 is 5.32 Å². The summed E-state index contributed by atoms with van der Waals surface area (Å²) in [6.07, 6.45) is 1.75. The predicted molar refractivity (Wildman–Crippen MR) is 98.6 cm³/mol. The summed E-state index contributed by atoms with van der Waals surface area (Å²) in [7, 11) is 0. The van der Waals surface area contributed by atoms with E-state index in [1.807, 2.05) is 25.1 Å². The maximum atomic E-state index is 12.3. The minimum Gasteiger partial charge on any atom is -0.305 e. The van der Waals surface area contributed by atoms with Gasteiger partial charge in [0.25, 0.3) is 11.6 Å². The number of nitro benzene ring substituents is 1. The lowest BCUT2D eigenvalue weighted by atomic mass is 10.1. The van der Waals surface area contributed by atoms with Crippen molar-refractivity contribution in [2.24, 2.45) is 0 Å². The number of hydrogen-bond acceptors (Lipinski definition) is 4. The van der Waals surface area contributed by atoms with Crippen LogP contribution in [0.5, 0.6) is 0 Å². The molecule has 8 heteroatoms. The van der Waals surface area contributed by atoms with Gasteiger partial charge in [-0.15, -0.1) is 0 Å². The smallest absolute Gasteiger partial charge is 0.288 e. The Balaban J connectivity index is 1.72. The first-order valence-electron chi connectivity index (χ1n) is 7.76. The molecular formula is C18H15ClN4O3. The molecule has 0 atom stereocenters. The molecule has 3 aromatic rings. The Morgan fingerprint density at radius 2 is 2.08 bits per heavy atom. The van der Waals surface area contributed by atoms with Crippen molar-refractivity contribution >= 4 is 29.0 Å². The van der Waals surface area contributed by atoms with Crippen molar-refractivity contribution in [3.05, 3.63) is 86.6 Å². The molecule has 0 saturated carbocycles. The molecule has 1 N–H and O–H groups in total. The van der Waals surface area contributed by atoms with Crippen molar-refractivity contribution in [1.29, 1.82) is 0 Å². The Morgan fingerprint density at radius 3 is 2.81 bits per heavy atom. The van der Waals surface area contributed by atoms with Gasteiger partial charge < -0.3 is 5.32 Å². The van der Waals surface area contributed by atoms with Gasteiger partial charge in [-0.25, -0.2) is 0 Å². The summed E-state index contributed by atoms with van der Waals surface area (Å²) in [6.45, 7) is 2.59. The second-order valence-corrected chi connectivity index (χ2v) is 6.17. The van der Waals surface area contributed by atoms with Crippen molar-refractivity contribution in [2.75, 3.05) is 5.32 Å². The van der Waals surface area contributed by atoms with E-state index >= 15 is 0 Å². The Hall–Kier alpha value is -3.19. The van der Waals surface area contributed by atoms with Crippen molar-refractivity contribution in [1.82, 2.24) is 9.78 Å². The molecule has 0 aliphatic carbocycles. The molecule has 2 aromatic carbocycles. The number of nitrogens with one attached hydrogen (secondary N) is 1. The molecule has 0 radical (unpaired) electrons. The molecular weight excluding hydrogens is 356 g/mol. The number of benzene rings is 2. The number of carbonyl (C=O) groups is 1. The van der Waals surface area contributed by atoms with Gasteiger partial charge in [-0.3, -0.25) is 19.6 Å². The number of nitrogens with zero attached hydrogens (tertiary/aromatic N) is 3. The van der Waals surface area contributed by atoms with E-state index in [0.717, 1.165) is 17.2 Å². The first kappa shape index (κ1) is 17.6. The summed E-state index contributed by atoms with van der Waals surface area (Å²) >= 11 is 5.76. The third-order valence-corrected chi connectivity index (χ3v) is 4.03. The van der Waals surface area contributed by atoms with Crippen LogP contribution in [0.3, 0.4) is 0 Å². The fourth-order valence-corrected chi connectivity index (χ4v) is 2.68. The molecule has 1 aromatic heterocycles. The van der Waals surface area contributed by atoms with Gasteiger partial charge in [-0.1, -0.05) is 41.4 Å². The van der Waals surface area contributed by atoms with E-state index in [0.29, 0.717) is 12.4 Å². The molecule has 0 spiro atoms. The summed E-state index contributed by atoms with van der Waals surface area (Å²) in [5.41, 5.74) is 2.07. The fourth-order valence-electron chi connectivity index (χ4n) is 2.50. The number of aryl methyl sites for hydroxylation is 1. The van der Waals surface area contributed by atoms with Crippen LogP contribution in [0, 0.1) is 17.0 Å². The molecule has 0 bridgehead atoms. The molecule has 3 rings (SSSR count). The second-order valence-electron chi connectivity index (χ2n) is 5.77. The van der Waals surface area contributed by atoms with Gasteiger partial charge in [0, 0.05) is 23.9 Å². The highest BCUT2D eigenvalue weighted by Gasteiger charge is 2.17. The number of rotatable bonds is 5. The summed E-state index contributed by atoms with van der Waals surface area (Å²) in [5.74, 6) is -0.133. The number of carbonyl (C=O) groups excluding carboxylic acids is 1. The lowest BCUT2D eigenvalue weighted by molar-refractivity contribution is -0.384. The van der Waals surface area contributed by atoms with Gasteiger partial charge in [0.15, 0.2) is 5.82 Å². The highest BCUT2D eigenvalue weighted by molar-refractivity contribution is 6.32. The van der Waals surface area contributed by atoms with Crippen molar-refractivity contribution < 1.29 is 9.72 Å². The second kappa shape index (κ2) is 7.37. The third kappa shape index (κ3) is 4.07. The number of halogens is 1. The standard InChI is InChI=1S/C18H15ClN4O3/c1-12-3-2-4-13(9-12)11-22-8-7-17(21-22)20-18(24)14-5-6-15(19)16(10-14)23(25)26/h2-10H,11H2,1H3,(H,20,21,24). The molecule has 26 heavy (non-hydrogen) atoms. The fraction of sp³-hybridized carbons (Fsp3) is 0.111. The number of hydrogen-bond donors (Lipinski definition) is 1. The minimum absolute atomic E-state index is 0.0195. The van der Waals surface area contributed by atoms with Crippen LogP contribution in [-0.4, -0.2) is 20.6 Å². The van der Waals surface area contributed by atoms with Gasteiger partial charge in [0.1, 0.15) is 5.02 Å². The van der Waals surface area contributed by atoms with E-state index in [2.05, 4.69) is 16.5 Å². The maximum absolute atomic E-state index is 12.3. The predicted octanol–water partition coefficient (Wildman–Crippen LogP) is 4.05. The summed E-state index contributed by atoms with van der Waals surface area (Å²) in [6, 6.07) is 13.6.